The summed E-state index contributed by atoms with van der Waals surface area (Å²) in [6, 6.07) is 6.34. The SMILES string of the molecule is CCCC(N)C(=O)Cc1cccc(O)c1. The average molecular weight is 207 g/mol. The minimum Gasteiger partial charge on any atom is -0.508 e. The van der Waals surface area contributed by atoms with E-state index in [9.17, 15) is 9.90 Å². The molecule has 1 rings (SSSR count). The van der Waals surface area contributed by atoms with Gasteiger partial charge in [-0.25, -0.2) is 0 Å². The molecule has 1 atom stereocenters. The van der Waals surface area contributed by atoms with Gasteiger partial charge in [0, 0.05) is 6.42 Å². The molecule has 0 heterocycles. The molecular weight excluding hydrogens is 190 g/mol. The van der Waals surface area contributed by atoms with Gasteiger partial charge in [-0.2, -0.15) is 0 Å². The Labute approximate surface area is 89.9 Å². The van der Waals surface area contributed by atoms with E-state index in [-0.39, 0.29) is 17.6 Å². The highest BCUT2D eigenvalue weighted by molar-refractivity contribution is 5.85. The maximum atomic E-state index is 11.6. The van der Waals surface area contributed by atoms with E-state index in [2.05, 4.69) is 0 Å². The summed E-state index contributed by atoms with van der Waals surface area (Å²) in [7, 11) is 0. The number of hydrogen-bond acceptors (Lipinski definition) is 3. The number of benzene rings is 1. The second kappa shape index (κ2) is 5.51. The molecule has 0 aliphatic carbocycles. The predicted octanol–water partition coefficient (Wildman–Crippen LogP) is 1.63. The maximum absolute atomic E-state index is 11.6. The Kier molecular flexibility index (Phi) is 4.31. The lowest BCUT2D eigenvalue weighted by atomic mass is 10.0. The highest BCUT2D eigenvalue weighted by Gasteiger charge is 2.12. The van der Waals surface area contributed by atoms with Gasteiger partial charge in [-0.1, -0.05) is 25.5 Å². The zero-order chi connectivity index (χ0) is 11.3. The van der Waals surface area contributed by atoms with E-state index in [4.69, 9.17) is 5.73 Å². The topological polar surface area (TPSA) is 63.3 Å². The lowest BCUT2D eigenvalue weighted by molar-refractivity contribution is -0.119. The van der Waals surface area contributed by atoms with E-state index in [0.29, 0.717) is 6.42 Å². The molecule has 0 saturated carbocycles. The molecule has 0 saturated heterocycles. The number of Topliss-reactive ketones (excluding diaryl/α,β-unsaturated/α-hetero) is 1. The summed E-state index contributed by atoms with van der Waals surface area (Å²) in [6.07, 6.45) is 1.93. The Morgan fingerprint density at radius 2 is 2.27 bits per heavy atom. The molecule has 3 heteroatoms. The summed E-state index contributed by atoms with van der Waals surface area (Å²) in [5.74, 6) is 0.215. The summed E-state index contributed by atoms with van der Waals surface area (Å²) in [5, 5.41) is 9.23. The Hall–Kier alpha value is -1.35. The molecule has 3 nitrogen and oxygen atoms in total. The third kappa shape index (κ3) is 3.72. The number of carbonyl (C=O) groups is 1. The first kappa shape index (κ1) is 11.7. The van der Waals surface area contributed by atoms with Crippen LogP contribution in [0.15, 0.2) is 24.3 Å². The number of phenolic OH excluding ortho intramolecular Hbond substituents is 1. The normalized spacial score (nSPS) is 12.4. The van der Waals surface area contributed by atoms with E-state index >= 15 is 0 Å². The zero-order valence-electron chi connectivity index (χ0n) is 8.94. The first-order valence-electron chi connectivity index (χ1n) is 5.19. The molecule has 0 radical (unpaired) electrons. The van der Waals surface area contributed by atoms with Gasteiger partial charge in [-0.05, 0) is 24.1 Å². The van der Waals surface area contributed by atoms with Gasteiger partial charge < -0.3 is 10.8 Å². The second-order valence-corrected chi connectivity index (χ2v) is 3.71. The van der Waals surface area contributed by atoms with Gasteiger partial charge in [0.1, 0.15) is 5.75 Å². The molecule has 0 fully saturated rings. The minimum absolute atomic E-state index is 0.0300. The summed E-state index contributed by atoms with van der Waals surface area (Å²) in [4.78, 5) is 11.6. The van der Waals surface area contributed by atoms with Crippen LogP contribution in [0.4, 0.5) is 0 Å². The van der Waals surface area contributed by atoms with Crippen LogP contribution in [0.2, 0.25) is 0 Å². The number of carbonyl (C=O) groups excluding carboxylic acids is 1. The standard InChI is InChI=1S/C12H17NO2/c1-2-4-11(13)12(15)8-9-5-3-6-10(14)7-9/h3,5-7,11,14H,2,4,8,13H2,1H3. The molecule has 0 aliphatic heterocycles. The summed E-state index contributed by atoms with van der Waals surface area (Å²) >= 11 is 0. The van der Waals surface area contributed by atoms with Crippen LogP contribution >= 0.6 is 0 Å². The molecule has 15 heavy (non-hydrogen) atoms. The van der Waals surface area contributed by atoms with E-state index < -0.39 is 0 Å². The quantitative estimate of drug-likeness (QED) is 0.771. The van der Waals surface area contributed by atoms with Crippen molar-refractivity contribution in [2.75, 3.05) is 0 Å². The molecule has 1 unspecified atom stereocenters. The monoisotopic (exact) mass is 207 g/mol. The highest BCUT2D eigenvalue weighted by Crippen LogP contribution is 2.12. The lowest BCUT2D eigenvalue weighted by Crippen LogP contribution is -2.31. The van der Waals surface area contributed by atoms with Crippen molar-refractivity contribution in [3.63, 3.8) is 0 Å². The largest absolute Gasteiger partial charge is 0.508 e. The molecule has 82 valence electrons. The molecule has 0 aromatic heterocycles. The van der Waals surface area contributed by atoms with Crippen molar-refractivity contribution in [1.82, 2.24) is 0 Å². The molecule has 0 amide bonds. The van der Waals surface area contributed by atoms with Crippen LogP contribution in [0.1, 0.15) is 25.3 Å². The van der Waals surface area contributed by atoms with Crippen molar-refractivity contribution in [2.24, 2.45) is 5.73 Å². The molecule has 0 aliphatic rings. The Balaban J connectivity index is 2.58. The fourth-order valence-corrected chi connectivity index (χ4v) is 1.47. The minimum atomic E-state index is -0.377. The smallest absolute Gasteiger partial charge is 0.153 e. The second-order valence-electron chi connectivity index (χ2n) is 3.71. The van der Waals surface area contributed by atoms with Crippen LogP contribution in [-0.4, -0.2) is 16.9 Å². The van der Waals surface area contributed by atoms with Crippen LogP contribution in [0.25, 0.3) is 0 Å². The Bertz CT molecular complexity index is 336. The van der Waals surface area contributed by atoms with Crippen LogP contribution in [0.5, 0.6) is 5.75 Å². The van der Waals surface area contributed by atoms with E-state index in [1.165, 1.54) is 0 Å². The third-order valence-electron chi connectivity index (χ3n) is 2.30. The summed E-state index contributed by atoms with van der Waals surface area (Å²) < 4.78 is 0. The van der Waals surface area contributed by atoms with Gasteiger partial charge in [-0.15, -0.1) is 0 Å². The van der Waals surface area contributed by atoms with Gasteiger partial charge in [-0.3, -0.25) is 4.79 Å². The van der Waals surface area contributed by atoms with E-state index in [0.717, 1.165) is 18.4 Å². The summed E-state index contributed by atoms with van der Waals surface area (Å²) in [5.41, 5.74) is 6.51. The molecule has 0 spiro atoms. The highest BCUT2D eigenvalue weighted by atomic mass is 16.3. The van der Waals surface area contributed by atoms with Gasteiger partial charge in [0.15, 0.2) is 5.78 Å². The fraction of sp³-hybridized carbons (Fsp3) is 0.417. The summed E-state index contributed by atoms with van der Waals surface area (Å²) in [6.45, 7) is 2.00. The molecule has 0 bridgehead atoms. The van der Waals surface area contributed by atoms with Crippen LogP contribution in [-0.2, 0) is 11.2 Å². The predicted molar refractivity (Wildman–Crippen MR) is 59.7 cm³/mol. The van der Waals surface area contributed by atoms with Gasteiger partial charge in [0.25, 0.3) is 0 Å². The first-order chi connectivity index (χ1) is 7.13. The zero-order valence-corrected chi connectivity index (χ0v) is 8.94. The van der Waals surface area contributed by atoms with Gasteiger partial charge in [0.2, 0.25) is 0 Å². The molecule has 1 aromatic carbocycles. The molecule has 3 N–H and O–H groups in total. The number of ketones is 1. The van der Waals surface area contributed by atoms with Crippen molar-refractivity contribution in [2.45, 2.75) is 32.2 Å². The third-order valence-corrected chi connectivity index (χ3v) is 2.30. The van der Waals surface area contributed by atoms with Crippen molar-refractivity contribution in [3.05, 3.63) is 29.8 Å². The fourth-order valence-electron chi connectivity index (χ4n) is 1.47. The van der Waals surface area contributed by atoms with Crippen molar-refractivity contribution in [1.29, 1.82) is 0 Å². The van der Waals surface area contributed by atoms with Gasteiger partial charge >= 0.3 is 0 Å². The molecular formula is C12H17NO2. The lowest BCUT2D eigenvalue weighted by Gasteiger charge is -2.08. The first-order valence-corrected chi connectivity index (χ1v) is 5.19. The number of aromatic hydroxyl groups is 1. The van der Waals surface area contributed by atoms with Crippen LogP contribution in [0.3, 0.4) is 0 Å². The Morgan fingerprint density at radius 3 is 2.87 bits per heavy atom. The number of phenols is 1. The molecule has 1 aromatic rings. The van der Waals surface area contributed by atoms with Crippen molar-refractivity contribution < 1.29 is 9.90 Å². The average Bonchev–Trinajstić information content (AvgIpc) is 2.18. The van der Waals surface area contributed by atoms with Crippen molar-refractivity contribution in [3.8, 4) is 5.75 Å². The van der Waals surface area contributed by atoms with Crippen molar-refractivity contribution >= 4 is 5.78 Å². The van der Waals surface area contributed by atoms with E-state index in [1.54, 1.807) is 18.2 Å². The van der Waals surface area contributed by atoms with Gasteiger partial charge in [0.05, 0.1) is 6.04 Å². The number of nitrogens with two attached hydrogens (primary N) is 1. The van der Waals surface area contributed by atoms with Crippen LogP contribution in [0, 0.1) is 0 Å². The van der Waals surface area contributed by atoms with E-state index in [1.807, 2.05) is 13.0 Å². The maximum Gasteiger partial charge on any atom is 0.153 e. The number of rotatable bonds is 5. The number of hydrogen-bond donors (Lipinski definition) is 2. The van der Waals surface area contributed by atoms with Crippen LogP contribution < -0.4 is 5.73 Å². The Morgan fingerprint density at radius 1 is 1.53 bits per heavy atom.